The van der Waals surface area contributed by atoms with Crippen LogP contribution in [0, 0.1) is 19.8 Å². The maximum atomic E-state index is 12.0. The molecule has 0 aromatic heterocycles. The van der Waals surface area contributed by atoms with Crippen molar-refractivity contribution in [2.24, 2.45) is 11.7 Å². The average molecular weight is 309 g/mol. The minimum atomic E-state index is -0.107. The van der Waals surface area contributed by atoms with E-state index in [4.69, 9.17) is 5.73 Å². The molecule has 2 rings (SSSR count). The fourth-order valence-corrected chi connectivity index (χ4v) is 2.40. The van der Waals surface area contributed by atoms with Crippen LogP contribution < -0.4 is 11.1 Å². The van der Waals surface area contributed by atoms with Gasteiger partial charge in [-0.1, -0.05) is 28.1 Å². The van der Waals surface area contributed by atoms with Crippen molar-refractivity contribution < 1.29 is 4.79 Å². The number of carbonyl (C=O) groups excluding carboxylic acids is 1. The van der Waals surface area contributed by atoms with Gasteiger partial charge in [0.05, 0.1) is 5.92 Å². The summed E-state index contributed by atoms with van der Waals surface area (Å²) in [6.45, 7) is 4.02. The summed E-state index contributed by atoms with van der Waals surface area (Å²) in [6.07, 6.45) is 4.47. The Morgan fingerprint density at radius 2 is 1.94 bits per heavy atom. The highest BCUT2D eigenvalue weighted by Crippen LogP contribution is 2.26. The van der Waals surface area contributed by atoms with E-state index in [-0.39, 0.29) is 17.9 Å². The first-order valence-electron chi connectivity index (χ1n) is 5.99. The SMILES string of the molecule is Cc1cc(NC(=O)C2C=CC(N)C2)cc(C)c1Br. The quantitative estimate of drug-likeness (QED) is 0.825. The van der Waals surface area contributed by atoms with E-state index in [2.05, 4.69) is 21.2 Å². The minimum absolute atomic E-state index is 0.00846. The van der Waals surface area contributed by atoms with Crippen molar-refractivity contribution in [3.8, 4) is 0 Å². The maximum absolute atomic E-state index is 12.0. The Kier molecular flexibility index (Phi) is 3.88. The van der Waals surface area contributed by atoms with E-state index in [1.807, 2.05) is 38.1 Å². The summed E-state index contributed by atoms with van der Waals surface area (Å²) in [4.78, 5) is 12.0. The lowest BCUT2D eigenvalue weighted by molar-refractivity contribution is -0.118. The lowest BCUT2D eigenvalue weighted by Gasteiger charge is -2.13. The third kappa shape index (κ3) is 2.82. The van der Waals surface area contributed by atoms with Crippen LogP contribution in [0.25, 0.3) is 0 Å². The molecular weight excluding hydrogens is 292 g/mol. The van der Waals surface area contributed by atoms with Crippen molar-refractivity contribution in [3.05, 3.63) is 39.9 Å². The molecule has 1 aromatic rings. The highest BCUT2D eigenvalue weighted by atomic mass is 79.9. The Bertz CT molecular complexity index is 488. The van der Waals surface area contributed by atoms with Gasteiger partial charge in [0.25, 0.3) is 0 Å². The third-order valence-electron chi connectivity index (χ3n) is 3.16. The normalized spacial score (nSPS) is 22.2. The van der Waals surface area contributed by atoms with E-state index >= 15 is 0 Å². The van der Waals surface area contributed by atoms with Crippen LogP contribution in [-0.2, 0) is 4.79 Å². The molecule has 0 spiro atoms. The van der Waals surface area contributed by atoms with Crippen LogP contribution in [0.2, 0.25) is 0 Å². The monoisotopic (exact) mass is 308 g/mol. The first-order chi connectivity index (χ1) is 8.47. The molecule has 4 heteroatoms. The molecule has 0 bridgehead atoms. The first-order valence-corrected chi connectivity index (χ1v) is 6.78. The molecule has 0 saturated carbocycles. The molecule has 3 nitrogen and oxygen atoms in total. The first kappa shape index (κ1) is 13.3. The molecule has 1 aliphatic carbocycles. The third-order valence-corrected chi connectivity index (χ3v) is 4.41. The molecule has 1 aromatic carbocycles. The largest absolute Gasteiger partial charge is 0.326 e. The number of halogens is 1. The van der Waals surface area contributed by atoms with Crippen molar-refractivity contribution in [2.75, 3.05) is 5.32 Å². The molecule has 1 amide bonds. The second-order valence-corrected chi connectivity index (χ2v) is 5.60. The standard InChI is InChI=1S/C14H17BrN2O/c1-8-5-12(6-9(2)13(8)15)17-14(18)10-3-4-11(16)7-10/h3-6,10-11H,7,16H2,1-2H3,(H,17,18). The van der Waals surface area contributed by atoms with Crippen LogP contribution in [0.15, 0.2) is 28.8 Å². The van der Waals surface area contributed by atoms with Gasteiger partial charge in [-0.15, -0.1) is 0 Å². The van der Waals surface area contributed by atoms with Crippen LogP contribution >= 0.6 is 15.9 Å². The second kappa shape index (κ2) is 5.24. The maximum Gasteiger partial charge on any atom is 0.231 e. The summed E-state index contributed by atoms with van der Waals surface area (Å²) in [7, 11) is 0. The van der Waals surface area contributed by atoms with Crippen molar-refractivity contribution in [1.82, 2.24) is 0 Å². The Hall–Kier alpha value is -1.13. The summed E-state index contributed by atoms with van der Waals surface area (Å²) >= 11 is 3.51. The van der Waals surface area contributed by atoms with E-state index < -0.39 is 0 Å². The van der Waals surface area contributed by atoms with Gasteiger partial charge in [-0.25, -0.2) is 0 Å². The predicted molar refractivity (Wildman–Crippen MR) is 77.5 cm³/mol. The number of hydrogen-bond acceptors (Lipinski definition) is 2. The number of hydrogen-bond donors (Lipinski definition) is 2. The number of amides is 1. The van der Waals surface area contributed by atoms with Crippen LogP contribution in [0.4, 0.5) is 5.69 Å². The highest BCUT2D eigenvalue weighted by Gasteiger charge is 2.22. The molecule has 0 heterocycles. The van der Waals surface area contributed by atoms with E-state index in [9.17, 15) is 4.79 Å². The number of anilines is 1. The summed E-state index contributed by atoms with van der Waals surface area (Å²) < 4.78 is 1.09. The van der Waals surface area contributed by atoms with Gasteiger partial charge in [0, 0.05) is 16.2 Å². The van der Waals surface area contributed by atoms with Crippen molar-refractivity contribution in [2.45, 2.75) is 26.3 Å². The summed E-state index contributed by atoms with van der Waals surface area (Å²) in [6, 6.07) is 3.94. The van der Waals surface area contributed by atoms with Crippen molar-refractivity contribution >= 4 is 27.5 Å². The van der Waals surface area contributed by atoms with Crippen LogP contribution in [0.5, 0.6) is 0 Å². The fourth-order valence-electron chi connectivity index (χ4n) is 2.17. The topological polar surface area (TPSA) is 55.1 Å². The predicted octanol–water partition coefficient (Wildman–Crippen LogP) is 2.91. The van der Waals surface area contributed by atoms with Gasteiger partial charge in [-0.2, -0.15) is 0 Å². The smallest absolute Gasteiger partial charge is 0.231 e. The second-order valence-electron chi connectivity index (χ2n) is 4.80. The van der Waals surface area contributed by atoms with E-state index in [1.54, 1.807) is 0 Å². The van der Waals surface area contributed by atoms with Crippen LogP contribution in [0.1, 0.15) is 17.5 Å². The van der Waals surface area contributed by atoms with E-state index in [0.29, 0.717) is 6.42 Å². The lowest BCUT2D eigenvalue weighted by atomic mass is 10.1. The number of aryl methyl sites for hydroxylation is 2. The van der Waals surface area contributed by atoms with Gasteiger partial charge in [-0.3, -0.25) is 4.79 Å². The number of nitrogens with one attached hydrogen (secondary N) is 1. The fraction of sp³-hybridized carbons (Fsp3) is 0.357. The molecule has 18 heavy (non-hydrogen) atoms. The molecule has 0 radical (unpaired) electrons. The zero-order valence-electron chi connectivity index (χ0n) is 10.5. The van der Waals surface area contributed by atoms with Gasteiger partial charge < -0.3 is 11.1 Å². The summed E-state index contributed by atoms with van der Waals surface area (Å²) in [5, 5.41) is 2.95. The molecule has 2 atom stereocenters. The molecule has 0 aliphatic heterocycles. The lowest BCUT2D eigenvalue weighted by Crippen LogP contribution is -2.24. The van der Waals surface area contributed by atoms with E-state index in [0.717, 1.165) is 21.3 Å². The van der Waals surface area contributed by atoms with Gasteiger partial charge in [0.2, 0.25) is 5.91 Å². The molecule has 3 N–H and O–H groups in total. The average Bonchev–Trinajstić information content (AvgIpc) is 2.72. The Morgan fingerprint density at radius 3 is 2.44 bits per heavy atom. The molecular formula is C14H17BrN2O. The number of benzene rings is 1. The zero-order valence-corrected chi connectivity index (χ0v) is 12.1. The molecule has 0 fully saturated rings. The number of nitrogens with two attached hydrogens (primary N) is 1. The van der Waals surface area contributed by atoms with Gasteiger partial charge in [0.1, 0.15) is 0 Å². The van der Waals surface area contributed by atoms with E-state index in [1.165, 1.54) is 0 Å². The van der Waals surface area contributed by atoms with Crippen molar-refractivity contribution in [3.63, 3.8) is 0 Å². The molecule has 0 saturated heterocycles. The van der Waals surface area contributed by atoms with Crippen LogP contribution in [-0.4, -0.2) is 11.9 Å². The zero-order chi connectivity index (χ0) is 13.3. The highest BCUT2D eigenvalue weighted by molar-refractivity contribution is 9.10. The molecule has 2 unspecified atom stereocenters. The van der Waals surface area contributed by atoms with Gasteiger partial charge in [0.15, 0.2) is 0 Å². The van der Waals surface area contributed by atoms with Crippen LogP contribution in [0.3, 0.4) is 0 Å². The summed E-state index contributed by atoms with van der Waals surface area (Å²) in [5.74, 6) is -0.0930. The molecule has 96 valence electrons. The Labute approximate surface area is 116 Å². The van der Waals surface area contributed by atoms with Gasteiger partial charge in [-0.05, 0) is 43.5 Å². The Morgan fingerprint density at radius 1 is 1.33 bits per heavy atom. The Balaban J connectivity index is 2.10. The molecule has 1 aliphatic rings. The summed E-state index contributed by atoms with van der Waals surface area (Å²) in [5.41, 5.74) is 8.82. The number of carbonyl (C=O) groups is 1. The number of rotatable bonds is 2. The van der Waals surface area contributed by atoms with Crippen molar-refractivity contribution in [1.29, 1.82) is 0 Å². The van der Waals surface area contributed by atoms with Gasteiger partial charge >= 0.3 is 0 Å². The minimum Gasteiger partial charge on any atom is -0.326 e.